The second-order valence-electron chi connectivity index (χ2n) is 10.6. The molecule has 212 valence electrons. The first-order valence-corrected chi connectivity index (χ1v) is 15.4. The molecule has 0 aromatic heterocycles. The van der Waals surface area contributed by atoms with Crippen LogP contribution in [0.15, 0.2) is 83.8 Å². The summed E-state index contributed by atoms with van der Waals surface area (Å²) in [7, 11) is -4.06. The first-order valence-electron chi connectivity index (χ1n) is 14.0. The monoisotopic (exact) mass is 561 g/mol. The minimum absolute atomic E-state index is 0.0952. The lowest BCUT2D eigenvalue weighted by Crippen LogP contribution is -2.53. The summed E-state index contributed by atoms with van der Waals surface area (Å²) < 4.78 is 28.9. The summed E-state index contributed by atoms with van der Waals surface area (Å²) in [4.78, 5) is 29.1. The highest BCUT2D eigenvalue weighted by Crippen LogP contribution is 2.26. The number of sulfonamides is 1. The van der Waals surface area contributed by atoms with Gasteiger partial charge in [0.2, 0.25) is 11.8 Å². The van der Waals surface area contributed by atoms with Crippen LogP contribution in [0.3, 0.4) is 0 Å². The van der Waals surface area contributed by atoms with Crippen molar-refractivity contribution in [2.24, 2.45) is 0 Å². The summed E-state index contributed by atoms with van der Waals surface area (Å²) in [6.45, 7) is 5.31. The zero-order chi connectivity index (χ0) is 28.7. The predicted octanol–water partition coefficient (Wildman–Crippen LogP) is 5.36. The summed E-state index contributed by atoms with van der Waals surface area (Å²) in [5, 5.41) is 3.14. The molecule has 40 heavy (non-hydrogen) atoms. The summed E-state index contributed by atoms with van der Waals surface area (Å²) >= 11 is 0. The van der Waals surface area contributed by atoms with Crippen molar-refractivity contribution in [2.45, 2.75) is 76.4 Å². The number of rotatable bonds is 10. The molecule has 0 bridgehead atoms. The number of amides is 2. The third kappa shape index (κ3) is 7.10. The molecule has 8 heteroatoms. The van der Waals surface area contributed by atoms with Crippen molar-refractivity contribution < 1.29 is 18.0 Å². The minimum atomic E-state index is -4.06. The van der Waals surface area contributed by atoms with Crippen LogP contribution < -0.4 is 9.62 Å². The van der Waals surface area contributed by atoms with Crippen molar-refractivity contribution in [2.75, 3.05) is 10.8 Å². The maximum atomic E-state index is 14.1. The first-order chi connectivity index (χ1) is 19.2. The fraction of sp³-hybridized carbons (Fsp3) is 0.375. The van der Waals surface area contributed by atoms with E-state index in [0.29, 0.717) is 5.69 Å². The quantitative estimate of drug-likeness (QED) is 0.361. The average Bonchev–Trinajstić information content (AvgIpc) is 2.96. The topological polar surface area (TPSA) is 86.8 Å². The lowest BCUT2D eigenvalue weighted by Gasteiger charge is -2.33. The molecule has 1 N–H and O–H groups in total. The highest BCUT2D eigenvalue weighted by atomic mass is 32.2. The number of carbonyl (C=O) groups is 2. The van der Waals surface area contributed by atoms with E-state index in [-0.39, 0.29) is 23.4 Å². The maximum Gasteiger partial charge on any atom is 0.264 e. The molecule has 0 radical (unpaired) electrons. The van der Waals surface area contributed by atoms with Gasteiger partial charge in [0, 0.05) is 12.6 Å². The maximum absolute atomic E-state index is 14.1. The van der Waals surface area contributed by atoms with Crippen molar-refractivity contribution >= 4 is 27.5 Å². The molecule has 0 saturated heterocycles. The second kappa shape index (κ2) is 13.1. The normalized spacial score (nSPS) is 14.8. The van der Waals surface area contributed by atoms with E-state index in [2.05, 4.69) is 5.32 Å². The molecule has 0 aliphatic heterocycles. The van der Waals surface area contributed by atoms with Crippen molar-refractivity contribution in [3.8, 4) is 0 Å². The van der Waals surface area contributed by atoms with Gasteiger partial charge < -0.3 is 10.2 Å². The van der Waals surface area contributed by atoms with Gasteiger partial charge in [-0.15, -0.1) is 0 Å². The van der Waals surface area contributed by atoms with Crippen molar-refractivity contribution in [3.05, 3.63) is 95.6 Å². The van der Waals surface area contributed by atoms with Gasteiger partial charge in [-0.3, -0.25) is 13.9 Å². The third-order valence-electron chi connectivity index (χ3n) is 7.62. The molecular formula is C32H39N3O4S. The van der Waals surface area contributed by atoms with Crippen LogP contribution in [-0.4, -0.2) is 43.8 Å². The van der Waals surface area contributed by atoms with Crippen LogP contribution in [0, 0.1) is 13.8 Å². The predicted molar refractivity (Wildman–Crippen MR) is 158 cm³/mol. The van der Waals surface area contributed by atoms with Crippen LogP contribution in [0.4, 0.5) is 5.69 Å². The van der Waals surface area contributed by atoms with Gasteiger partial charge in [-0.05, 0) is 74.6 Å². The van der Waals surface area contributed by atoms with Crippen LogP contribution in [-0.2, 0) is 26.2 Å². The molecule has 3 aromatic carbocycles. The number of nitrogens with zero attached hydrogens (tertiary/aromatic N) is 2. The summed E-state index contributed by atoms with van der Waals surface area (Å²) in [6.07, 6.45) is 5.19. The van der Waals surface area contributed by atoms with E-state index in [1.807, 2.05) is 44.2 Å². The second-order valence-corrected chi connectivity index (χ2v) is 12.5. The molecule has 1 fully saturated rings. The van der Waals surface area contributed by atoms with E-state index < -0.39 is 28.5 Å². The first kappa shape index (κ1) is 29.3. The van der Waals surface area contributed by atoms with E-state index in [4.69, 9.17) is 0 Å². The fourth-order valence-corrected chi connectivity index (χ4v) is 6.58. The number of anilines is 1. The van der Waals surface area contributed by atoms with E-state index >= 15 is 0 Å². The lowest BCUT2D eigenvalue weighted by molar-refractivity contribution is -0.139. The zero-order valence-corrected chi connectivity index (χ0v) is 24.4. The van der Waals surface area contributed by atoms with Crippen LogP contribution in [0.5, 0.6) is 0 Å². The Bertz CT molecular complexity index is 1420. The van der Waals surface area contributed by atoms with E-state index in [9.17, 15) is 18.0 Å². The molecule has 1 atom stereocenters. The molecule has 7 nitrogen and oxygen atoms in total. The van der Waals surface area contributed by atoms with Gasteiger partial charge in [0.25, 0.3) is 10.0 Å². The SMILES string of the molecule is Cc1cccc(N(CC(=O)N(Cc2ccccc2C)[C@H](C)C(=O)NC2CCCCC2)S(=O)(=O)c2ccccc2)c1. The number of nitrogens with one attached hydrogen (secondary N) is 1. The molecule has 2 amide bonds. The fourth-order valence-electron chi connectivity index (χ4n) is 5.15. The minimum Gasteiger partial charge on any atom is -0.352 e. The lowest BCUT2D eigenvalue weighted by atomic mass is 9.95. The Morgan fingerprint density at radius 2 is 1.57 bits per heavy atom. The van der Waals surface area contributed by atoms with E-state index in [0.717, 1.165) is 46.7 Å². The number of hydrogen-bond donors (Lipinski definition) is 1. The molecule has 0 unspecified atom stereocenters. The van der Waals surface area contributed by atoms with Gasteiger partial charge in [0.05, 0.1) is 10.6 Å². The Morgan fingerprint density at radius 3 is 2.25 bits per heavy atom. The van der Waals surface area contributed by atoms with Crippen molar-refractivity contribution in [3.63, 3.8) is 0 Å². The molecular weight excluding hydrogens is 522 g/mol. The Hall–Kier alpha value is -3.65. The molecule has 1 aliphatic carbocycles. The molecule has 1 aliphatic rings. The Balaban J connectivity index is 1.67. The van der Waals surface area contributed by atoms with Crippen molar-refractivity contribution in [1.82, 2.24) is 10.2 Å². The third-order valence-corrected chi connectivity index (χ3v) is 9.41. The van der Waals surface area contributed by atoms with Gasteiger partial charge >= 0.3 is 0 Å². The summed E-state index contributed by atoms with van der Waals surface area (Å²) in [5.74, 6) is -0.669. The molecule has 1 saturated carbocycles. The highest BCUT2D eigenvalue weighted by molar-refractivity contribution is 7.92. The van der Waals surface area contributed by atoms with Crippen LogP contribution in [0.1, 0.15) is 55.7 Å². The number of carbonyl (C=O) groups excluding carboxylic acids is 2. The molecule has 4 rings (SSSR count). The Kier molecular flexibility index (Phi) is 9.63. The molecule has 0 heterocycles. The van der Waals surface area contributed by atoms with Crippen LogP contribution in [0.25, 0.3) is 0 Å². The molecule has 0 spiro atoms. The number of hydrogen-bond acceptors (Lipinski definition) is 4. The van der Waals surface area contributed by atoms with Gasteiger partial charge in [-0.2, -0.15) is 0 Å². The van der Waals surface area contributed by atoms with E-state index in [1.165, 1.54) is 23.5 Å². The largest absolute Gasteiger partial charge is 0.352 e. The van der Waals surface area contributed by atoms with Gasteiger partial charge in [0.1, 0.15) is 12.6 Å². The van der Waals surface area contributed by atoms with Gasteiger partial charge in [-0.1, -0.05) is 73.9 Å². The Morgan fingerprint density at radius 1 is 0.900 bits per heavy atom. The smallest absolute Gasteiger partial charge is 0.264 e. The van der Waals surface area contributed by atoms with E-state index in [1.54, 1.807) is 43.3 Å². The number of aryl methyl sites for hydroxylation is 2. The highest BCUT2D eigenvalue weighted by Gasteiger charge is 2.33. The molecule has 3 aromatic rings. The number of benzene rings is 3. The Labute approximate surface area is 238 Å². The van der Waals surface area contributed by atoms with Gasteiger partial charge in [-0.25, -0.2) is 8.42 Å². The zero-order valence-electron chi connectivity index (χ0n) is 23.5. The standard InChI is InChI=1S/C32H39N3O4S/c1-24-13-12-18-29(21-24)35(40(38,39)30-19-8-5-9-20-30)23-31(36)34(22-27-15-11-10-14-25(27)2)26(3)32(37)33-28-16-6-4-7-17-28/h5,8-15,18-21,26,28H,4,6-7,16-17,22-23H2,1-3H3,(H,33,37)/t26-/m1/s1. The average molecular weight is 562 g/mol. The summed E-state index contributed by atoms with van der Waals surface area (Å²) in [5.41, 5.74) is 3.16. The van der Waals surface area contributed by atoms with Gasteiger partial charge in [0.15, 0.2) is 0 Å². The van der Waals surface area contributed by atoms with Crippen LogP contribution >= 0.6 is 0 Å². The van der Waals surface area contributed by atoms with Crippen molar-refractivity contribution in [1.29, 1.82) is 0 Å². The summed E-state index contributed by atoms with van der Waals surface area (Å²) in [6, 6.07) is 22.2. The van der Waals surface area contributed by atoms with Crippen LogP contribution in [0.2, 0.25) is 0 Å².